The Labute approximate surface area is 182 Å². The number of ether oxygens (including phenoxy) is 1. The van der Waals surface area contributed by atoms with E-state index < -0.39 is 5.97 Å². The molecule has 0 unspecified atom stereocenters. The molecule has 3 rings (SSSR count). The van der Waals surface area contributed by atoms with Crippen molar-refractivity contribution < 1.29 is 14.3 Å². The summed E-state index contributed by atoms with van der Waals surface area (Å²) in [5, 5.41) is 0.906. The SMILES string of the molecule is CCOC(=O)Cn1c(=NC(=O)Cc2ccc(C)c(C)c2)sc2c(Cl)ccc(Cl)c21. The van der Waals surface area contributed by atoms with Gasteiger partial charge in [0.2, 0.25) is 0 Å². The second kappa shape index (κ2) is 9.11. The molecule has 0 aliphatic heterocycles. The highest BCUT2D eigenvalue weighted by molar-refractivity contribution is 7.17. The number of amides is 1. The van der Waals surface area contributed by atoms with Crippen molar-refractivity contribution in [2.24, 2.45) is 4.99 Å². The smallest absolute Gasteiger partial charge is 0.326 e. The summed E-state index contributed by atoms with van der Waals surface area (Å²) < 4.78 is 7.31. The van der Waals surface area contributed by atoms with Gasteiger partial charge in [0, 0.05) is 0 Å². The molecule has 0 saturated carbocycles. The fraction of sp³-hybridized carbons (Fsp3) is 0.286. The molecule has 3 aromatic rings. The molecule has 8 heteroatoms. The van der Waals surface area contributed by atoms with Crippen LogP contribution in [-0.4, -0.2) is 23.1 Å². The Hall–Kier alpha value is -2.15. The molecule has 1 aromatic heterocycles. The molecule has 152 valence electrons. The van der Waals surface area contributed by atoms with Crippen LogP contribution < -0.4 is 4.80 Å². The number of hydrogen-bond donors (Lipinski definition) is 0. The molecule has 0 atom stereocenters. The van der Waals surface area contributed by atoms with E-state index >= 15 is 0 Å². The number of carbonyl (C=O) groups excluding carboxylic acids is 2. The van der Waals surface area contributed by atoms with Crippen LogP contribution in [0.2, 0.25) is 10.0 Å². The van der Waals surface area contributed by atoms with Crippen molar-refractivity contribution in [3.8, 4) is 0 Å². The quantitative estimate of drug-likeness (QED) is 0.521. The van der Waals surface area contributed by atoms with Crippen LogP contribution in [0.1, 0.15) is 23.6 Å². The molecule has 0 spiro atoms. The Morgan fingerprint density at radius 2 is 1.83 bits per heavy atom. The van der Waals surface area contributed by atoms with Crippen molar-refractivity contribution >= 4 is 56.6 Å². The highest BCUT2D eigenvalue weighted by atomic mass is 35.5. The molecule has 2 aromatic carbocycles. The number of halogens is 2. The predicted octanol–water partition coefficient (Wildman–Crippen LogP) is 4.86. The van der Waals surface area contributed by atoms with E-state index in [9.17, 15) is 9.59 Å². The zero-order valence-electron chi connectivity index (χ0n) is 16.3. The van der Waals surface area contributed by atoms with Gasteiger partial charge in [0.25, 0.3) is 5.91 Å². The largest absolute Gasteiger partial charge is 0.465 e. The van der Waals surface area contributed by atoms with Crippen LogP contribution in [0.4, 0.5) is 0 Å². The minimum Gasteiger partial charge on any atom is -0.465 e. The summed E-state index contributed by atoms with van der Waals surface area (Å²) in [6, 6.07) is 9.21. The number of esters is 1. The lowest BCUT2D eigenvalue weighted by atomic mass is 10.0. The van der Waals surface area contributed by atoms with E-state index in [2.05, 4.69) is 4.99 Å². The van der Waals surface area contributed by atoms with Gasteiger partial charge < -0.3 is 9.30 Å². The molecule has 0 aliphatic rings. The number of nitrogens with zero attached hydrogens (tertiary/aromatic N) is 2. The average Bonchev–Trinajstić information content (AvgIpc) is 3.00. The van der Waals surface area contributed by atoms with Gasteiger partial charge in [0.15, 0.2) is 4.80 Å². The van der Waals surface area contributed by atoms with Crippen molar-refractivity contribution in [1.29, 1.82) is 0 Å². The summed E-state index contributed by atoms with van der Waals surface area (Å²) in [7, 11) is 0. The normalized spacial score (nSPS) is 11.8. The van der Waals surface area contributed by atoms with E-state index in [1.54, 1.807) is 23.6 Å². The third-order valence-electron chi connectivity index (χ3n) is 4.47. The van der Waals surface area contributed by atoms with Crippen LogP contribution in [0.3, 0.4) is 0 Å². The molecule has 1 amide bonds. The van der Waals surface area contributed by atoms with Crippen molar-refractivity contribution in [2.75, 3.05) is 6.61 Å². The average molecular weight is 451 g/mol. The number of aromatic nitrogens is 1. The van der Waals surface area contributed by atoms with Crippen LogP contribution in [0.5, 0.6) is 0 Å². The van der Waals surface area contributed by atoms with Gasteiger partial charge in [-0.2, -0.15) is 4.99 Å². The molecule has 0 N–H and O–H groups in total. The molecule has 1 heterocycles. The van der Waals surface area contributed by atoms with Crippen molar-refractivity contribution in [3.63, 3.8) is 0 Å². The van der Waals surface area contributed by atoms with Gasteiger partial charge in [-0.1, -0.05) is 52.7 Å². The van der Waals surface area contributed by atoms with Crippen molar-refractivity contribution in [3.05, 3.63) is 61.9 Å². The van der Waals surface area contributed by atoms with E-state index in [0.29, 0.717) is 25.1 Å². The second-order valence-corrected chi connectivity index (χ2v) is 8.38. The zero-order valence-corrected chi connectivity index (χ0v) is 18.6. The Kier molecular flexibility index (Phi) is 6.77. The summed E-state index contributed by atoms with van der Waals surface area (Å²) in [6.45, 7) is 5.91. The Morgan fingerprint density at radius 3 is 2.52 bits per heavy atom. The van der Waals surface area contributed by atoms with Gasteiger partial charge in [0.1, 0.15) is 6.54 Å². The van der Waals surface area contributed by atoms with Crippen molar-refractivity contribution in [1.82, 2.24) is 4.57 Å². The summed E-state index contributed by atoms with van der Waals surface area (Å²) in [5.41, 5.74) is 3.73. The van der Waals surface area contributed by atoms with Crippen LogP contribution >= 0.6 is 34.5 Å². The number of carbonyl (C=O) groups is 2. The summed E-state index contributed by atoms with van der Waals surface area (Å²) >= 11 is 13.9. The van der Waals surface area contributed by atoms with Gasteiger partial charge >= 0.3 is 5.97 Å². The lowest BCUT2D eigenvalue weighted by Crippen LogP contribution is -2.23. The number of thiazole rings is 1. The molecule has 0 bridgehead atoms. The number of rotatable bonds is 5. The number of hydrogen-bond acceptors (Lipinski definition) is 4. The Morgan fingerprint density at radius 1 is 1.10 bits per heavy atom. The monoisotopic (exact) mass is 450 g/mol. The molecule has 0 aliphatic carbocycles. The lowest BCUT2D eigenvalue weighted by molar-refractivity contribution is -0.143. The maximum Gasteiger partial charge on any atom is 0.326 e. The van der Waals surface area contributed by atoms with Crippen LogP contribution in [0, 0.1) is 13.8 Å². The van der Waals surface area contributed by atoms with Crippen LogP contribution in [0.15, 0.2) is 35.3 Å². The van der Waals surface area contributed by atoms with Gasteiger partial charge in [-0.3, -0.25) is 9.59 Å². The maximum absolute atomic E-state index is 12.6. The van der Waals surface area contributed by atoms with Crippen molar-refractivity contribution in [2.45, 2.75) is 33.7 Å². The van der Waals surface area contributed by atoms with E-state index in [-0.39, 0.29) is 25.5 Å². The maximum atomic E-state index is 12.6. The fourth-order valence-electron chi connectivity index (χ4n) is 2.91. The summed E-state index contributed by atoms with van der Waals surface area (Å²) in [4.78, 5) is 29.4. The van der Waals surface area contributed by atoms with Crippen LogP contribution in [-0.2, 0) is 27.3 Å². The summed E-state index contributed by atoms with van der Waals surface area (Å²) in [5.74, 6) is -0.754. The molecular formula is C21H20Cl2N2O3S. The standard InChI is InChI=1S/C21H20Cl2N2O3S/c1-4-28-18(27)11-25-19-15(22)7-8-16(23)20(19)29-21(25)24-17(26)10-14-6-5-12(2)13(3)9-14/h5-9H,4,10-11H2,1-3H3. The first-order valence-electron chi connectivity index (χ1n) is 9.06. The topological polar surface area (TPSA) is 60.7 Å². The Bertz CT molecular complexity index is 1160. The number of fused-ring (bicyclic) bond motifs is 1. The van der Waals surface area contributed by atoms with Crippen LogP contribution in [0.25, 0.3) is 10.2 Å². The first-order valence-corrected chi connectivity index (χ1v) is 10.6. The van der Waals surface area contributed by atoms with E-state index in [4.69, 9.17) is 27.9 Å². The predicted molar refractivity (Wildman–Crippen MR) is 117 cm³/mol. The Balaban J connectivity index is 2.05. The van der Waals surface area contributed by atoms with E-state index in [1.807, 2.05) is 32.0 Å². The minimum absolute atomic E-state index is 0.107. The zero-order chi connectivity index (χ0) is 21.1. The van der Waals surface area contributed by atoms with E-state index in [0.717, 1.165) is 11.1 Å². The van der Waals surface area contributed by atoms with Gasteiger partial charge in [0.05, 0.1) is 33.3 Å². The first-order chi connectivity index (χ1) is 13.8. The lowest BCUT2D eigenvalue weighted by Gasteiger charge is -2.06. The number of aryl methyl sites for hydroxylation is 2. The third-order valence-corrected chi connectivity index (χ3v) is 6.31. The second-order valence-electron chi connectivity index (χ2n) is 6.58. The third kappa shape index (κ3) is 4.89. The molecule has 0 fully saturated rings. The minimum atomic E-state index is -0.439. The molecule has 0 saturated heterocycles. The molecule has 29 heavy (non-hydrogen) atoms. The fourth-order valence-corrected chi connectivity index (χ4v) is 4.58. The highest BCUT2D eigenvalue weighted by Gasteiger charge is 2.17. The molecular weight excluding hydrogens is 431 g/mol. The van der Waals surface area contributed by atoms with E-state index in [1.165, 1.54) is 16.9 Å². The molecule has 0 radical (unpaired) electrons. The molecule has 5 nitrogen and oxygen atoms in total. The van der Waals surface area contributed by atoms with Gasteiger partial charge in [-0.05, 0) is 49.6 Å². The number of benzene rings is 2. The van der Waals surface area contributed by atoms with Gasteiger partial charge in [-0.15, -0.1) is 0 Å². The van der Waals surface area contributed by atoms with Gasteiger partial charge in [-0.25, -0.2) is 0 Å². The highest BCUT2D eigenvalue weighted by Crippen LogP contribution is 2.32. The first kappa shape index (κ1) is 21.6. The summed E-state index contributed by atoms with van der Waals surface area (Å²) in [6.07, 6.45) is 0.163.